The van der Waals surface area contributed by atoms with Crippen molar-refractivity contribution in [3.63, 3.8) is 0 Å². The molecule has 222 valence electrons. The average Bonchev–Trinajstić information content (AvgIpc) is 3.56. The van der Waals surface area contributed by atoms with Crippen LogP contribution in [0, 0.1) is 0 Å². The second-order valence-electron chi connectivity index (χ2n) is 13.6. The SMILES string of the molecule is CC(C)c1ccc(N(c2ccc3cc4c(cc3c2)C(C)(C)c2cc3ccccc3cc2-4)c2cccc3c2oc2ccccc23)cc1. The largest absolute Gasteiger partial charge is 0.454 e. The fourth-order valence-corrected chi connectivity index (χ4v) is 7.63. The van der Waals surface area contributed by atoms with Crippen LogP contribution in [0.1, 0.15) is 50.3 Å². The van der Waals surface area contributed by atoms with Crippen LogP contribution in [0.25, 0.3) is 54.6 Å². The van der Waals surface area contributed by atoms with E-state index in [0.29, 0.717) is 5.92 Å². The molecule has 7 aromatic carbocycles. The Morgan fingerprint density at radius 1 is 0.543 bits per heavy atom. The first-order chi connectivity index (χ1) is 22.4. The molecule has 0 bridgehead atoms. The van der Waals surface area contributed by atoms with Gasteiger partial charge in [0.2, 0.25) is 0 Å². The number of nitrogens with zero attached hydrogens (tertiary/aromatic N) is 1. The topological polar surface area (TPSA) is 16.4 Å². The van der Waals surface area contributed by atoms with Crippen molar-refractivity contribution >= 4 is 60.5 Å². The molecule has 0 N–H and O–H groups in total. The van der Waals surface area contributed by atoms with Gasteiger partial charge in [-0.2, -0.15) is 0 Å². The van der Waals surface area contributed by atoms with Crippen LogP contribution in [0.4, 0.5) is 17.1 Å². The molecule has 0 saturated heterocycles. The highest BCUT2D eigenvalue weighted by molar-refractivity contribution is 6.10. The third-order valence-electron chi connectivity index (χ3n) is 10.2. The zero-order chi connectivity index (χ0) is 31.2. The zero-order valence-corrected chi connectivity index (χ0v) is 26.6. The molecule has 0 saturated carbocycles. The Bertz CT molecular complexity index is 2480. The first-order valence-corrected chi connectivity index (χ1v) is 16.3. The smallest absolute Gasteiger partial charge is 0.159 e. The summed E-state index contributed by atoms with van der Waals surface area (Å²) in [4.78, 5) is 2.36. The van der Waals surface area contributed by atoms with Crippen molar-refractivity contribution in [2.45, 2.75) is 39.0 Å². The lowest BCUT2D eigenvalue weighted by atomic mass is 9.81. The van der Waals surface area contributed by atoms with Crippen molar-refractivity contribution in [3.8, 4) is 11.1 Å². The first kappa shape index (κ1) is 27.0. The van der Waals surface area contributed by atoms with Gasteiger partial charge in [-0.05, 0) is 116 Å². The minimum absolute atomic E-state index is 0.0921. The van der Waals surface area contributed by atoms with Crippen LogP contribution in [0.5, 0.6) is 0 Å². The van der Waals surface area contributed by atoms with E-state index >= 15 is 0 Å². The Labute approximate surface area is 269 Å². The molecule has 8 aromatic rings. The fraction of sp³-hybridized carbons (Fsp3) is 0.136. The summed E-state index contributed by atoms with van der Waals surface area (Å²) in [6, 6.07) is 49.0. The Morgan fingerprint density at radius 3 is 1.89 bits per heavy atom. The van der Waals surface area contributed by atoms with Gasteiger partial charge in [-0.3, -0.25) is 0 Å². The number of anilines is 3. The van der Waals surface area contributed by atoms with Crippen molar-refractivity contribution in [3.05, 3.63) is 150 Å². The van der Waals surface area contributed by atoms with Gasteiger partial charge in [0.25, 0.3) is 0 Å². The molecule has 2 nitrogen and oxygen atoms in total. The van der Waals surface area contributed by atoms with Crippen molar-refractivity contribution in [2.75, 3.05) is 4.90 Å². The Balaban J connectivity index is 1.25. The van der Waals surface area contributed by atoms with Gasteiger partial charge in [0.05, 0.1) is 5.69 Å². The number of hydrogen-bond acceptors (Lipinski definition) is 2. The molecule has 0 atom stereocenters. The molecule has 0 unspecified atom stereocenters. The summed E-state index contributed by atoms with van der Waals surface area (Å²) < 4.78 is 6.57. The highest BCUT2D eigenvalue weighted by atomic mass is 16.3. The van der Waals surface area contributed by atoms with Gasteiger partial charge in [-0.25, -0.2) is 0 Å². The molecule has 2 heteroatoms. The number of fused-ring (bicyclic) bond motifs is 8. The van der Waals surface area contributed by atoms with E-state index in [-0.39, 0.29) is 5.41 Å². The molecule has 9 rings (SSSR count). The lowest BCUT2D eigenvalue weighted by molar-refractivity contribution is 0.662. The Morgan fingerprint density at radius 2 is 1.15 bits per heavy atom. The average molecular weight is 594 g/mol. The minimum atomic E-state index is -0.0921. The van der Waals surface area contributed by atoms with E-state index in [9.17, 15) is 0 Å². The molecule has 1 aromatic heterocycles. The highest BCUT2D eigenvalue weighted by Crippen LogP contribution is 2.51. The summed E-state index contributed by atoms with van der Waals surface area (Å²) in [5.41, 5.74) is 11.8. The van der Waals surface area contributed by atoms with Gasteiger partial charge in [0.1, 0.15) is 5.58 Å². The van der Waals surface area contributed by atoms with Crippen LogP contribution in [-0.4, -0.2) is 0 Å². The molecule has 0 spiro atoms. The van der Waals surface area contributed by atoms with E-state index in [1.165, 1.54) is 49.4 Å². The number of hydrogen-bond donors (Lipinski definition) is 0. The summed E-state index contributed by atoms with van der Waals surface area (Å²) in [6.45, 7) is 9.22. The zero-order valence-electron chi connectivity index (χ0n) is 26.6. The van der Waals surface area contributed by atoms with Crippen molar-refractivity contribution < 1.29 is 4.42 Å². The minimum Gasteiger partial charge on any atom is -0.454 e. The van der Waals surface area contributed by atoms with Gasteiger partial charge < -0.3 is 9.32 Å². The van der Waals surface area contributed by atoms with E-state index < -0.39 is 0 Å². The predicted octanol–water partition coefficient (Wildman–Crippen LogP) is 12.8. The Hall–Kier alpha value is -5.34. The number of para-hydroxylation sites is 2. The standard InChI is InChI=1S/C44H35NO/c1-27(2)28-16-19-33(20-17-28)45(41-14-9-13-36-35-12-7-8-15-42(35)46-43(36)41)34-21-18-31-24-38-37-23-29-10-5-6-11-30(29)25-39(37)44(3,4)40(38)26-32(31)22-34/h5-27H,1-4H3. The molecule has 0 amide bonds. The van der Waals surface area contributed by atoms with Gasteiger partial charge in [-0.1, -0.05) is 100 Å². The second kappa shape index (κ2) is 9.83. The first-order valence-electron chi connectivity index (χ1n) is 16.3. The summed E-state index contributed by atoms with van der Waals surface area (Å²) >= 11 is 0. The predicted molar refractivity (Wildman–Crippen MR) is 195 cm³/mol. The van der Waals surface area contributed by atoms with Crippen LogP contribution in [0.2, 0.25) is 0 Å². The normalized spacial score (nSPS) is 13.6. The fourth-order valence-electron chi connectivity index (χ4n) is 7.63. The summed E-state index contributed by atoms with van der Waals surface area (Å²) in [6.07, 6.45) is 0. The van der Waals surface area contributed by atoms with E-state index in [1.807, 2.05) is 6.07 Å². The van der Waals surface area contributed by atoms with Gasteiger partial charge in [0.15, 0.2) is 5.58 Å². The molecule has 0 fully saturated rings. The number of furan rings is 1. The molecule has 0 aliphatic heterocycles. The maximum absolute atomic E-state index is 6.57. The maximum atomic E-state index is 6.57. The lowest BCUT2D eigenvalue weighted by Gasteiger charge is -2.26. The molecular weight excluding hydrogens is 558 g/mol. The van der Waals surface area contributed by atoms with Crippen molar-refractivity contribution in [1.29, 1.82) is 0 Å². The number of rotatable bonds is 4. The van der Waals surface area contributed by atoms with Crippen LogP contribution < -0.4 is 4.90 Å². The van der Waals surface area contributed by atoms with E-state index in [1.54, 1.807) is 0 Å². The molecule has 1 heterocycles. The van der Waals surface area contributed by atoms with Crippen LogP contribution in [-0.2, 0) is 5.41 Å². The van der Waals surface area contributed by atoms with E-state index in [2.05, 4.69) is 160 Å². The summed E-state index contributed by atoms with van der Waals surface area (Å²) in [5.74, 6) is 0.467. The lowest BCUT2D eigenvalue weighted by Crippen LogP contribution is -2.15. The van der Waals surface area contributed by atoms with E-state index in [4.69, 9.17) is 4.42 Å². The highest BCUT2D eigenvalue weighted by Gasteiger charge is 2.36. The monoisotopic (exact) mass is 593 g/mol. The third kappa shape index (κ3) is 3.96. The van der Waals surface area contributed by atoms with Crippen LogP contribution >= 0.6 is 0 Å². The number of benzene rings is 7. The quantitative estimate of drug-likeness (QED) is 0.202. The van der Waals surface area contributed by atoms with Crippen LogP contribution in [0.15, 0.2) is 138 Å². The molecule has 1 aliphatic carbocycles. The van der Waals surface area contributed by atoms with Gasteiger partial charge in [-0.15, -0.1) is 0 Å². The summed E-state index contributed by atoms with van der Waals surface area (Å²) in [5, 5.41) is 7.34. The van der Waals surface area contributed by atoms with Gasteiger partial charge in [0, 0.05) is 27.6 Å². The summed E-state index contributed by atoms with van der Waals surface area (Å²) in [7, 11) is 0. The van der Waals surface area contributed by atoms with Crippen molar-refractivity contribution in [2.24, 2.45) is 0 Å². The molecule has 46 heavy (non-hydrogen) atoms. The second-order valence-corrected chi connectivity index (χ2v) is 13.6. The maximum Gasteiger partial charge on any atom is 0.159 e. The molecular formula is C44H35NO. The van der Waals surface area contributed by atoms with Crippen molar-refractivity contribution in [1.82, 2.24) is 0 Å². The third-order valence-corrected chi connectivity index (χ3v) is 10.2. The van der Waals surface area contributed by atoms with E-state index in [0.717, 1.165) is 39.0 Å². The van der Waals surface area contributed by atoms with Gasteiger partial charge >= 0.3 is 0 Å². The molecule has 0 radical (unpaired) electrons. The van der Waals surface area contributed by atoms with Crippen LogP contribution in [0.3, 0.4) is 0 Å². The Kier molecular flexibility index (Phi) is 5.77. The molecule has 1 aliphatic rings.